The zero-order valence-corrected chi connectivity index (χ0v) is 10.0. The lowest BCUT2D eigenvalue weighted by Gasteiger charge is -2.32. The molecule has 3 heterocycles. The maximum Gasteiger partial charge on any atom is 0.156 e. The first-order chi connectivity index (χ1) is 7.58. The van der Waals surface area contributed by atoms with E-state index in [0.29, 0.717) is 5.15 Å². The molecule has 0 atom stereocenters. The molecule has 0 radical (unpaired) electrons. The van der Waals surface area contributed by atoms with Crippen LogP contribution < -0.4 is 5.32 Å². The van der Waals surface area contributed by atoms with E-state index in [9.17, 15) is 0 Å². The van der Waals surface area contributed by atoms with Crippen LogP contribution in [-0.2, 0) is 5.41 Å². The van der Waals surface area contributed by atoms with Crippen LogP contribution in [0, 0.1) is 0 Å². The molecule has 0 aromatic carbocycles. The van der Waals surface area contributed by atoms with E-state index < -0.39 is 0 Å². The van der Waals surface area contributed by atoms with Gasteiger partial charge in [-0.3, -0.25) is 0 Å². The summed E-state index contributed by atoms with van der Waals surface area (Å²) in [6.07, 6.45) is 2.94. The van der Waals surface area contributed by atoms with Gasteiger partial charge in [-0.05, 0) is 6.42 Å². The molecule has 0 bridgehead atoms. The lowest BCUT2D eigenvalue weighted by molar-refractivity contribution is 0.453. The van der Waals surface area contributed by atoms with E-state index in [-0.39, 0.29) is 5.41 Å². The van der Waals surface area contributed by atoms with Crippen molar-refractivity contribution >= 4 is 22.9 Å². The summed E-state index contributed by atoms with van der Waals surface area (Å²) < 4.78 is 1.85. The van der Waals surface area contributed by atoms with E-state index in [0.717, 1.165) is 30.0 Å². The van der Waals surface area contributed by atoms with Gasteiger partial charge in [0.2, 0.25) is 0 Å². The summed E-state index contributed by atoms with van der Waals surface area (Å²) in [5, 5.41) is 8.14. The molecule has 2 aromatic rings. The van der Waals surface area contributed by atoms with Crippen LogP contribution >= 0.6 is 11.6 Å². The molecule has 0 fully saturated rings. The van der Waals surface area contributed by atoms with Gasteiger partial charge in [0, 0.05) is 18.0 Å². The highest BCUT2D eigenvalue weighted by molar-refractivity contribution is 6.29. The van der Waals surface area contributed by atoms with Crippen molar-refractivity contribution in [3.05, 3.63) is 23.1 Å². The molecule has 0 amide bonds. The number of halogens is 1. The standard InChI is InChI=1S/C11H13ClN4/c1-11(2)3-4-13-7-6-14-9-5-8(12)15-16(9)10(7)11/h5-6,13H,3-4H2,1-2H3. The maximum atomic E-state index is 5.93. The highest BCUT2D eigenvalue weighted by atomic mass is 35.5. The maximum absolute atomic E-state index is 5.93. The fourth-order valence-electron chi connectivity index (χ4n) is 2.31. The molecule has 0 saturated heterocycles. The topological polar surface area (TPSA) is 42.2 Å². The van der Waals surface area contributed by atoms with Crippen LogP contribution in [0.3, 0.4) is 0 Å². The number of fused-ring (bicyclic) bond motifs is 3. The molecule has 1 aliphatic rings. The Balaban J connectivity index is 2.38. The summed E-state index contributed by atoms with van der Waals surface area (Å²) in [5.74, 6) is 0. The molecule has 16 heavy (non-hydrogen) atoms. The van der Waals surface area contributed by atoms with Gasteiger partial charge in [-0.15, -0.1) is 0 Å². The molecule has 3 rings (SSSR count). The average Bonchev–Trinajstić information content (AvgIpc) is 2.56. The van der Waals surface area contributed by atoms with Crippen molar-refractivity contribution in [1.82, 2.24) is 14.6 Å². The molecule has 5 heteroatoms. The Bertz CT molecular complexity index is 558. The highest BCUT2D eigenvalue weighted by Crippen LogP contribution is 2.36. The van der Waals surface area contributed by atoms with Crippen LogP contribution in [-0.4, -0.2) is 21.1 Å². The minimum absolute atomic E-state index is 0.0944. The zero-order chi connectivity index (χ0) is 11.3. The Morgan fingerprint density at radius 2 is 2.31 bits per heavy atom. The molecular formula is C11H13ClN4. The van der Waals surface area contributed by atoms with Crippen LogP contribution in [0.15, 0.2) is 12.3 Å². The molecule has 0 spiro atoms. The first-order valence-electron chi connectivity index (χ1n) is 5.36. The number of rotatable bonds is 0. The summed E-state index contributed by atoms with van der Waals surface area (Å²) >= 11 is 5.93. The summed E-state index contributed by atoms with van der Waals surface area (Å²) in [6.45, 7) is 5.42. The molecule has 2 aromatic heterocycles. The minimum atomic E-state index is 0.0944. The normalized spacial score (nSPS) is 18.2. The number of aromatic nitrogens is 3. The number of nitrogens with zero attached hydrogens (tertiary/aromatic N) is 3. The number of nitrogens with one attached hydrogen (secondary N) is 1. The van der Waals surface area contributed by atoms with Crippen molar-refractivity contribution in [3.8, 4) is 0 Å². The van der Waals surface area contributed by atoms with Gasteiger partial charge >= 0.3 is 0 Å². The van der Waals surface area contributed by atoms with Crippen molar-refractivity contribution in [2.45, 2.75) is 25.7 Å². The Hall–Kier alpha value is -1.29. The molecule has 0 saturated carbocycles. The number of hydrogen-bond acceptors (Lipinski definition) is 3. The third-order valence-electron chi connectivity index (χ3n) is 3.16. The molecule has 4 nitrogen and oxygen atoms in total. The second-order valence-corrected chi connectivity index (χ2v) is 5.21. The van der Waals surface area contributed by atoms with Gasteiger partial charge in [0.05, 0.1) is 17.6 Å². The monoisotopic (exact) mass is 236 g/mol. The highest BCUT2D eigenvalue weighted by Gasteiger charge is 2.31. The van der Waals surface area contributed by atoms with Crippen molar-refractivity contribution in [3.63, 3.8) is 0 Å². The van der Waals surface area contributed by atoms with Crippen LogP contribution in [0.25, 0.3) is 5.65 Å². The van der Waals surface area contributed by atoms with Crippen molar-refractivity contribution < 1.29 is 0 Å². The Morgan fingerprint density at radius 1 is 1.50 bits per heavy atom. The Labute approximate surface area is 98.6 Å². The van der Waals surface area contributed by atoms with Gasteiger partial charge < -0.3 is 5.32 Å². The molecule has 84 valence electrons. The lowest BCUT2D eigenvalue weighted by atomic mass is 9.82. The van der Waals surface area contributed by atoms with Crippen LogP contribution in [0.1, 0.15) is 26.0 Å². The second-order valence-electron chi connectivity index (χ2n) is 4.82. The molecular weight excluding hydrogens is 224 g/mol. The van der Waals surface area contributed by atoms with Gasteiger partial charge in [-0.1, -0.05) is 25.4 Å². The SMILES string of the molecule is CC1(C)CCNc2cnc3cc(Cl)nn3c21. The quantitative estimate of drug-likeness (QED) is 0.764. The van der Waals surface area contributed by atoms with Crippen LogP contribution in [0.4, 0.5) is 5.69 Å². The predicted octanol–water partition coefficient (Wildman–Crippen LogP) is 2.48. The summed E-state index contributed by atoms with van der Waals surface area (Å²) in [7, 11) is 0. The van der Waals surface area contributed by atoms with Crippen molar-refractivity contribution in [2.24, 2.45) is 0 Å². The van der Waals surface area contributed by atoms with E-state index in [4.69, 9.17) is 11.6 Å². The third-order valence-corrected chi connectivity index (χ3v) is 3.34. The smallest absolute Gasteiger partial charge is 0.156 e. The minimum Gasteiger partial charge on any atom is -0.382 e. The van der Waals surface area contributed by atoms with E-state index in [1.54, 1.807) is 6.07 Å². The lowest BCUT2D eigenvalue weighted by Crippen LogP contribution is -2.31. The van der Waals surface area contributed by atoms with Gasteiger partial charge in [0.15, 0.2) is 10.8 Å². The van der Waals surface area contributed by atoms with Crippen molar-refractivity contribution in [1.29, 1.82) is 0 Å². The first kappa shape index (κ1) is 9.90. The Morgan fingerprint density at radius 3 is 3.12 bits per heavy atom. The van der Waals surface area contributed by atoms with E-state index in [2.05, 4.69) is 29.2 Å². The number of anilines is 1. The van der Waals surface area contributed by atoms with Crippen LogP contribution in [0.5, 0.6) is 0 Å². The van der Waals surface area contributed by atoms with Crippen LogP contribution in [0.2, 0.25) is 5.15 Å². The third kappa shape index (κ3) is 1.29. The van der Waals surface area contributed by atoms with Crippen molar-refractivity contribution in [2.75, 3.05) is 11.9 Å². The largest absolute Gasteiger partial charge is 0.382 e. The molecule has 0 aliphatic carbocycles. The predicted molar refractivity (Wildman–Crippen MR) is 64.1 cm³/mol. The molecule has 0 unspecified atom stereocenters. The fraction of sp³-hybridized carbons (Fsp3) is 0.455. The fourth-order valence-corrected chi connectivity index (χ4v) is 2.49. The van der Waals surface area contributed by atoms with E-state index in [1.165, 1.54) is 0 Å². The zero-order valence-electron chi connectivity index (χ0n) is 9.29. The van der Waals surface area contributed by atoms with E-state index in [1.807, 2.05) is 10.7 Å². The summed E-state index contributed by atoms with van der Waals surface area (Å²) in [6, 6.07) is 1.78. The second kappa shape index (κ2) is 3.10. The van der Waals surface area contributed by atoms with Gasteiger partial charge in [0.25, 0.3) is 0 Å². The summed E-state index contributed by atoms with van der Waals surface area (Å²) in [5.41, 5.74) is 3.12. The van der Waals surface area contributed by atoms with Gasteiger partial charge in [-0.2, -0.15) is 5.10 Å². The van der Waals surface area contributed by atoms with E-state index >= 15 is 0 Å². The average molecular weight is 237 g/mol. The van der Waals surface area contributed by atoms with Gasteiger partial charge in [0.1, 0.15) is 0 Å². The first-order valence-corrected chi connectivity index (χ1v) is 5.74. The Kier molecular flexibility index (Phi) is 1.92. The number of hydrogen-bond donors (Lipinski definition) is 1. The summed E-state index contributed by atoms with van der Waals surface area (Å²) in [4.78, 5) is 4.33. The van der Waals surface area contributed by atoms with Gasteiger partial charge in [-0.25, -0.2) is 9.50 Å². The molecule has 1 N–H and O–H groups in total. The molecule has 1 aliphatic heterocycles.